The van der Waals surface area contributed by atoms with Crippen LogP contribution in [0.15, 0.2) is 114 Å². The molecule has 20 nitrogen and oxygen atoms in total. The number of anilines is 2. The molecule has 0 radical (unpaired) electrons. The Morgan fingerprint density at radius 2 is 1.67 bits per heavy atom. The number of carbonyl (C=O) groups excluding carboxylic acids is 4. The van der Waals surface area contributed by atoms with E-state index in [9.17, 15) is 37.7 Å². The third-order valence-electron chi connectivity index (χ3n) is 19.2. The highest BCUT2D eigenvalue weighted by molar-refractivity contribution is 7.90. The van der Waals surface area contributed by atoms with E-state index in [0.29, 0.717) is 55.6 Å². The molecule has 2 aromatic heterocycles. The van der Waals surface area contributed by atoms with Gasteiger partial charge in [-0.1, -0.05) is 61.1 Å². The van der Waals surface area contributed by atoms with Crippen LogP contribution in [0.1, 0.15) is 128 Å². The number of hydrogen-bond donors (Lipinski definition) is 4. The maximum Gasteiger partial charge on any atom is 0.293 e. The number of hydrogen-bond acceptors (Lipinski definition) is 15. The number of piperazine rings is 1. The number of nitro benzene ring substituents is 1. The number of halogens is 1. The molecule has 0 saturated carbocycles. The molecule has 476 valence electrons. The van der Waals surface area contributed by atoms with Crippen LogP contribution >= 0.6 is 11.6 Å². The van der Waals surface area contributed by atoms with Crippen molar-refractivity contribution in [3.05, 3.63) is 152 Å². The van der Waals surface area contributed by atoms with Gasteiger partial charge in [-0.15, -0.1) is 0 Å². The fourth-order valence-corrected chi connectivity index (χ4v) is 15.0. The number of H-pyrrole nitrogens is 1. The Hall–Kier alpha value is -8.13. The predicted molar refractivity (Wildman–Crippen MR) is 350 cm³/mol. The predicted octanol–water partition coefficient (Wildman–Crippen LogP) is 10.4. The Morgan fingerprint density at radius 3 is 2.44 bits per heavy atom. The van der Waals surface area contributed by atoms with Crippen LogP contribution in [0.5, 0.6) is 11.5 Å². The molecule has 1 atom stereocenters. The van der Waals surface area contributed by atoms with E-state index in [-0.39, 0.29) is 46.6 Å². The van der Waals surface area contributed by atoms with Crippen molar-refractivity contribution >= 4 is 78.9 Å². The van der Waals surface area contributed by atoms with Gasteiger partial charge in [0.25, 0.3) is 27.5 Å². The number of imide groups is 1. The topological polar surface area (TPSA) is 236 Å². The van der Waals surface area contributed by atoms with Gasteiger partial charge in [-0.2, -0.15) is 0 Å². The molecule has 4 fully saturated rings. The number of allylic oxidation sites excluding steroid dienone is 1. The third kappa shape index (κ3) is 14.8. The maximum atomic E-state index is 14.2. The first-order valence-electron chi connectivity index (χ1n) is 31.9. The molecule has 12 rings (SSSR count). The van der Waals surface area contributed by atoms with Gasteiger partial charge in [-0.05, 0) is 186 Å². The van der Waals surface area contributed by atoms with Crippen molar-refractivity contribution in [1.29, 1.82) is 0 Å². The zero-order chi connectivity index (χ0) is 63.4. The molecular formula is C69H78ClN11O9S. The zero-order valence-electron chi connectivity index (χ0n) is 51.6. The lowest BCUT2D eigenvalue weighted by Crippen LogP contribution is -2.52. The second-order valence-corrected chi connectivity index (χ2v) is 28.0. The summed E-state index contributed by atoms with van der Waals surface area (Å²) in [5.41, 5.74) is 7.70. The van der Waals surface area contributed by atoms with Crippen molar-refractivity contribution in [2.45, 2.75) is 114 Å². The number of ether oxygens (including phenoxy) is 1. The largest absolute Gasteiger partial charge is 0.455 e. The quantitative estimate of drug-likeness (QED) is 0.0194. The molecule has 0 bridgehead atoms. The Balaban J connectivity index is 0.611. The molecule has 4 saturated heterocycles. The smallest absolute Gasteiger partial charge is 0.293 e. The van der Waals surface area contributed by atoms with Crippen molar-refractivity contribution in [1.82, 2.24) is 39.6 Å². The summed E-state index contributed by atoms with van der Waals surface area (Å²) in [6.45, 7) is 14.3. The van der Waals surface area contributed by atoms with E-state index in [4.69, 9.17) is 16.3 Å². The van der Waals surface area contributed by atoms with Crippen molar-refractivity contribution in [3.8, 4) is 23.3 Å². The third-order valence-corrected chi connectivity index (χ3v) is 20.8. The molecule has 1 unspecified atom stereocenters. The number of rotatable bonds is 19. The highest BCUT2D eigenvalue weighted by atomic mass is 35.5. The molecular weight excluding hydrogens is 1190 g/mol. The minimum atomic E-state index is -4.62. The Morgan fingerprint density at radius 1 is 0.879 bits per heavy atom. The van der Waals surface area contributed by atoms with Crippen molar-refractivity contribution in [3.63, 3.8) is 0 Å². The summed E-state index contributed by atoms with van der Waals surface area (Å²) in [6, 6.07) is 25.9. The number of aromatic amines is 1. The van der Waals surface area contributed by atoms with Gasteiger partial charge >= 0.3 is 0 Å². The van der Waals surface area contributed by atoms with E-state index in [1.807, 2.05) is 30.3 Å². The van der Waals surface area contributed by atoms with Crippen LogP contribution in [0.4, 0.5) is 17.1 Å². The van der Waals surface area contributed by atoms with E-state index >= 15 is 0 Å². The number of pyridine rings is 1. The molecule has 0 spiro atoms. The van der Waals surface area contributed by atoms with Gasteiger partial charge < -0.3 is 34.6 Å². The summed E-state index contributed by atoms with van der Waals surface area (Å²) >= 11 is 6.28. The first kappa shape index (κ1) is 63.0. The maximum absolute atomic E-state index is 14.2. The summed E-state index contributed by atoms with van der Waals surface area (Å²) < 4.78 is 36.6. The summed E-state index contributed by atoms with van der Waals surface area (Å²) in [4.78, 5) is 82.1. The minimum absolute atomic E-state index is 0.0452. The Bertz CT molecular complexity index is 3970. The lowest BCUT2D eigenvalue weighted by atomic mass is 9.72. The first-order chi connectivity index (χ1) is 43.9. The number of nitro groups is 1. The molecule has 4 aromatic carbocycles. The number of unbranched alkanes of at least 4 members (excludes halogenated alkanes) is 2. The summed E-state index contributed by atoms with van der Waals surface area (Å²) in [5.74, 6) is 5.43. The van der Waals surface area contributed by atoms with Gasteiger partial charge in [-0.3, -0.25) is 39.5 Å². The van der Waals surface area contributed by atoms with Crippen molar-refractivity contribution < 1.29 is 37.3 Å². The molecule has 4 N–H and O–H groups in total. The normalized spacial score (nSPS) is 19.7. The summed E-state index contributed by atoms with van der Waals surface area (Å²) in [7, 11) is -4.62. The number of likely N-dealkylation sites (tertiary alicyclic amines) is 2. The second kappa shape index (κ2) is 27.4. The van der Waals surface area contributed by atoms with Gasteiger partial charge in [-0.25, -0.2) is 18.1 Å². The summed E-state index contributed by atoms with van der Waals surface area (Å²) in [5, 5.41) is 19.7. The number of sulfonamides is 1. The van der Waals surface area contributed by atoms with Crippen LogP contribution < -0.4 is 25.0 Å². The zero-order valence-corrected chi connectivity index (χ0v) is 53.2. The number of carbonyl (C=O) groups is 4. The van der Waals surface area contributed by atoms with Crippen LogP contribution in [0.2, 0.25) is 5.02 Å². The molecule has 5 aliphatic heterocycles. The lowest BCUT2D eigenvalue weighted by molar-refractivity contribution is -0.384. The number of aromatic nitrogens is 2. The molecule has 1 aliphatic carbocycles. The molecule has 7 heterocycles. The molecule has 6 aliphatic rings. The van der Waals surface area contributed by atoms with Gasteiger partial charge in [0.15, 0.2) is 0 Å². The van der Waals surface area contributed by atoms with Crippen molar-refractivity contribution in [2.24, 2.45) is 11.3 Å². The number of nitrogens with one attached hydrogen (secondary N) is 4. The van der Waals surface area contributed by atoms with Gasteiger partial charge in [0.1, 0.15) is 28.9 Å². The van der Waals surface area contributed by atoms with Gasteiger partial charge in [0, 0.05) is 110 Å². The van der Waals surface area contributed by atoms with Gasteiger partial charge in [0.05, 0.1) is 21.6 Å². The summed E-state index contributed by atoms with van der Waals surface area (Å²) in [6.07, 6.45) is 13.7. The minimum Gasteiger partial charge on any atom is -0.455 e. The molecule has 4 amide bonds. The van der Waals surface area contributed by atoms with Crippen LogP contribution in [-0.4, -0.2) is 151 Å². The SMILES string of the molecule is CC1(C)CCC(CN2CCN(c3ccc(C(=O)NS(=O)(=O)c4ccc(NCC5CCN(C6CCN(CCCCC#Cc7cccc8c7CN(C7CCC(=O)NC7=O)C8=O)CC6)CC5)c([N+](=O)[O-])c4)c(Oc4cnc5[nH]ccc5c4)c3)CC2)=C(c2ccc(Cl)cc2)C1. The number of nitrogens with zero attached hydrogens (tertiary/aromatic N) is 7. The molecule has 6 aromatic rings. The van der Waals surface area contributed by atoms with E-state index in [1.165, 1.54) is 35.0 Å². The fourth-order valence-electron chi connectivity index (χ4n) is 13.9. The number of piperidine rings is 3. The number of benzene rings is 4. The van der Waals surface area contributed by atoms with Crippen LogP contribution in [-0.2, 0) is 26.2 Å². The van der Waals surface area contributed by atoms with E-state index in [2.05, 4.69) is 82.7 Å². The van der Waals surface area contributed by atoms with E-state index in [0.717, 1.165) is 150 Å². The van der Waals surface area contributed by atoms with Crippen LogP contribution in [0, 0.1) is 33.3 Å². The highest BCUT2D eigenvalue weighted by Crippen LogP contribution is 2.44. The monoisotopic (exact) mass is 1270 g/mol. The van der Waals surface area contributed by atoms with Gasteiger partial charge in [0.2, 0.25) is 11.8 Å². The van der Waals surface area contributed by atoms with E-state index < -0.39 is 43.4 Å². The first-order valence-corrected chi connectivity index (χ1v) is 33.8. The molecule has 91 heavy (non-hydrogen) atoms. The lowest BCUT2D eigenvalue weighted by Gasteiger charge is -2.42. The van der Waals surface area contributed by atoms with E-state index in [1.54, 1.807) is 41.4 Å². The standard InChI is InChI=1S/C69H78ClN11O9S/c1-69(2)27-21-50(58(41-69)48-11-13-51(70)14-12-48)44-77-34-36-79(37-35-77)53-15-17-57(63(39-53)90-54-38-49-22-28-71-65(49)73-43-54)66(83)75-91(88,89)55-16-18-60(62(40-55)81(86)87)72-42-46-23-32-78(33-24-46)52-25-30-76(31-26-52)29-6-4-3-5-8-47-9-7-10-56-59(47)45-80(68(56)85)61-19-20-64(82)74-67(61)84/h7,9-18,22,28,38-40,43,46,52,61,72H,3-4,6,19-21,23-27,29-37,41-42,44-45H2,1-2H3,(H,71,73)(H,75,83)(H,74,82,84). The average Bonchev–Trinajstić information content (AvgIpc) is 1.77. The van der Waals surface area contributed by atoms with Crippen molar-refractivity contribution in [2.75, 3.05) is 82.2 Å². The Kier molecular flexibility index (Phi) is 19.0. The van der Waals surface area contributed by atoms with Crippen LogP contribution in [0.3, 0.4) is 0 Å². The average molecular weight is 1270 g/mol. The highest BCUT2D eigenvalue weighted by Gasteiger charge is 2.40. The Labute approximate surface area is 536 Å². The fraction of sp³-hybridized carbons (Fsp3) is 0.435. The number of amides is 4. The second-order valence-electron chi connectivity index (χ2n) is 25.9. The number of fused-ring (bicyclic) bond motifs is 2. The van der Waals surface area contributed by atoms with Crippen LogP contribution in [0.25, 0.3) is 16.6 Å². The molecule has 22 heteroatoms.